The minimum absolute atomic E-state index is 0.162. The molecular weight excluding hydrogens is 419 g/mol. The average molecular weight is 453 g/mol. The Morgan fingerprint density at radius 3 is 2.32 bits per heavy atom. The number of aliphatic imine (C=N–C) groups is 1. The van der Waals surface area contributed by atoms with Crippen LogP contribution in [0.2, 0.25) is 0 Å². The zero-order valence-corrected chi connectivity index (χ0v) is 20.4. The van der Waals surface area contributed by atoms with Crippen molar-refractivity contribution in [3.8, 4) is 0 Å². The first-order chi connectivity index (χ1) is 16.5. The van der Waals surface area contributed by atoms with Crippen LogP contribution in [0.1, 0.15) is 47.6 Å². The highest BCUT2D eigenvalue weighted by atomic mass is 19.1. The van der Waals surface area contributed by atoms with E-state index in [1.165, 1.54) is 28.3 Å². The zero-order chi connectivity index (χ0) is 24.1. The summed E-state index contributed by atoms with van der Waals surface area (Å²) in [5.74, 6) is 0.757. The van der Waals surface area contributed by atoms with Crippen molar-refractivity contribution in [2.45, 2.75) is 46.5 Å². The van der Waals surface area contributed by atoms with E-state index in [1.54, 1.807) is 6.07 Å². The van der Waals surface area contributed by atoms with Gasteiger partial charge in [-0.25, -0.2) is 9.38 Å². The molecule has 0 spiro atoms. The molecule has 0 fully saturated rings. The maximum Gasteiger partial charge on any atom is 0.140 e. The number of nitrogens with zero attached hydrogens (tertiary/aromatic N) is 2. The Bertz CT molecular complexity index is 1240. The topological polar surface area (TPSA) is 15.6 Å². The Hall–Kier alpha value is -3.46. The van der Waals surface area contributed by atoms with Crippen LogP contribution in [0.15, 0.2) is 101 Å². The van der Waals surface area contributed by atoms with Gasteiger partial charge in [0.1, 0.15) is 11.7 Å². The van der Waals surface area contributed by atoms with Crippen LogP contribution in [-0.4, -0.2) is 17.3 Å². The van der Waals surface area contributed by atoms with Crippen LogP contribution in [0.4, 0.5) is 4.39 Å². The van der Waals surface area contributed by atoms with Crippen LogP contribution in [0.5, 0.6) is 0 Å². The fourth-order valence-electron chi connectivity index (χ4n) is 4.61. The normalized spacial score (nSPS) is 13.9. The highest BCUT2D eigenvalue weighted by Gasteiger charge is 2.27. The predicted molar refractivity (Wildman–Crippen MR) is 140 cm³/mol. The number of allylic oxidation sites excluding steroid dienone is 2. The summed E-state index contributed by atoms with van der Waals surface area (Å²) in [7, 11) is 0. The zero-order valence-electron chi connectivity index (χ0n) is 20.4. The maximum absolute atomic E-state index is 14.4. The van der Waals surface area contributed by atoms with Crippen LogP contribution in [-0.2, 0) is 12.8 Å². The predicted octanol–water partition coefficient (Wildman–Crippen LogP) is 7.56. The summed E-state index contributed by atoms with van der Waals surface area (Å²) in [4.78, 5) is 7.45. The quantitative estimate of drug-likeness (QED) is 0.344. The second kappa shape index (κ2) is 10.6. The smallest absolute Gasteiger partial charge is 0.140 e. The van der Waals surface area contributed by atoms with Crippen molar-refractivity contribution in [3.63, 3.8) is 0 Å². The number of amidine groups is 1. The highest BCUT2D eigenvalue weighted by molar-refractivity contribution is 6.03. The fourth-order valence-corrected chi connectivity index (χ4v) is 4.61. The molecule has 2 nitrogen and oxygen atoms in total. The van der Waals surface area contributed by atoms with E-state index >= 15 is 0 Å². The van der Waals surface area contributed by atoms with Gasteiger partial charge in [-0.2, -0.15) is 0 Å². The summed E-state index contributed by atoms with van der Waals surface area (Å²) in [6.45, 7) is 11.6. The molecule has 0 aromatic heterocycles. The number of rotatable bonds is 8. The Morgan fingerprint density at radius 1 is 0.853 bits per heavy atom. The lowest BCUT2D eigenvalue weighted by atomic mass is 9.96. The molecule has 0 bridgehead atoms. The first-order valence-electron chi connectivity index (χ1n) is 12.1. The largest absolute Gasteiger partial charge is 0.326 e. The summed E-state index contributed by atoms with van der Waals surface area (Å²) in [5.41, 5.74) is 8.86. The van der Waals surface area contributed by atoms with Crippen molar-refractivity contribution in [2.24, 2.45) is 4.99 Å². The summed E-state index contributed by atoms with van der Waals surface area (Å²) >= 11 is 0. The lowest BCUT2D eigenvalue weighted by Crippen LogP contribution is -2.36. The SMILES string of the molecule is C=C1C(CC)=C(CCc2ccccc2)N=C(c2cccc(C)c2C)N1CCc1ccccc1F. The summed E-state index contributed by atoms with van der Waals surface area (Å²) in [6, 6.07) is 23.9. The van der Waals surface area contributed by atoms with Crippen molar-refractivity contribution in [1.82, 2.24) is 4.90 Å². The number of aryl methyl sites for hydroxylation is 2. The Morgan fingerprint density at radius 2 is 1.59 bits per heavy atom. The molecule has 1 aliphatic rings. The molecule has 1 heterocycles. The molecule has 0 N–H and O–H groups in total. The third kappa shape index (κ3) is 5.04. The van der Waals surface area contributed by atoms with Gasteiger partial charge in [0.2, 0.25) is 0 Å². The van der Waals surface area contributed by atoms with E-state index in [0.717, 1.165) is 42.1 Å². The number of hydrogen-bond donors (Lipinski definition) is 0. The van der Waals surface area contributed by atoms with Gasteiger partial charge in [-0.15, -0.1) is 0 Å². The highest BCUT2D eigenvalue weighted by Crippen LogP contribution is 2.33. The summed E-state index contributed by atoms with van der Waals surface area (Å²) in [6.07, 6.45) is 3.25. The van der Waals surface area contributed by atoms with Crippen molar-refractivity contribution >= 4 is 5.84 Å². The lowest BCUT2D eigenvalue weighted by molar-refractivity contribution is 0.500. The first kappa shape index (κ1) is 23.7. The van der Waals surface area contributed by atoms with Crippen molar-refractivity contribution in [3.05, 3.63) is 130 Å². The lowest BCUT2D eigenvalue weighted by Gasteiger charge is -2.35. The van der Waals surface area contributed by atoms with Crippen molar-refractivity contribution < 1.29 is 4.39 Å². The van der Waals surface area contributed by atoms with Crippen LogP contribution < -0.4 is 0 Å². The molecule has 0 unspecified atom stereocenters. The molecule has 0 atom stereocenters. The van der Waals surface area contributed by atoms with Crippen LogP contribution in [0, 0.1) is 19.7 Å². The minimum atomic E-state index is -0.162. The third-order valence-electron chi connectivity index (χ3n) is 6.77. The summed E-state index contributed by atoms with van der Waals surface area (Å²) in [5, 5.41) is 0. The second-order valence-electron chi connectivity index (χ2n) is 8.89. The van der Waals surface area contributed by atoms with Crippen molar-refractivity contribution in [1.29, 1.82) is 0 Å². The standard InChI is InChI=1S/C31H33FN2/c1-5-27-24(4)34(21-20-26-15-9-10-17-29(26)32)31(28-16-11-12-22(2)23(28)3)33-30(27)19-18-25-13-7-6-8-14-25/h6-17H,4-5,18-21H2,1-3H3. The molecular formula is C31H33FN2. The Kier molecular flexibility index (Phi) is 7.42. The van der Waals surface area contributed by atoms with Gasteiger partial charge in [-0.1, -0.05) is 80.2 Å². The van der Waals surface area contributed by atoms with Gasteiger partial charge in [0.05, 0.1) is 0 Å². The van der Waals surface area contributed by atoms with Gasteiger partial charge >= 0.3 is 0 Å². The van der Waals surface area contributed by atoms with E-state index in [1.807, 2.05) is 18.2 Å². The van der Waals surface area contributed by atoms with Gasteiger partial charge in [-0.3, -0.25) is 0 Å². The van der Waals surface area contributed by atoms with Gasteiger partial charge < -0.3 is 4.90 Å². The minimum Gasteiger partial charge on any atom is -0.326 e. The molecule has 0 saturated heterocycles. The fraction of sp³-hybridized carbons (Fsp3) is 0.258. The third-order valence-corrected chi connectivity index (χ3v) is 6.77. The molecule has 0 aliphatic carbocycles. The molecule has 0 radical (unpaired) electrons. The molecule has 3 heteroatoms. The molecule has 0 amide bonds. The van der Waals surface area contributed by atoms with E-state index in [2.05, 4.69) is 74.7 Å². The van der Waals surface area contributed by atoms with Crippen molar-refractivity contribution in [2.75, 3.05) is 6.54 Å². The average Bonchev–Trinajstić information content (AvgIpc) is 2.85. The molecule has 0 saturated carbocycles. The van der Waals surface area contributed by atoms with Crippen LogP contribution >= 0.6 is 0 Å². The maximum atomic E-state index is 14.4. The second-order valence-corrected chi connectivity index (χ2v) is 8.89. The van der Waals surface area contributed by atoms with Gasteiger partial charge in [0, 0.05) is 23.5 Å². The van der Waals surface area contributed by atoms with Crippen LogP contribution in [0.3, 0.4) is 0 Å². The number of hydrogen-bond acceptors (Lipinski definition) is 2. The number of halogens is 1. The molecule has 1 aliphatic heterocycles. The van der Waals surface area contributed by atoms with E-state index < -0.39 is 0 Å². The van der Waals surface area contributed by atoms with E-state index in [9.17, 15) is 4.39 Å². The molecule has 174 valence electrons. The Balaban J connectivity index is 1.71. The molecule has 3 aromatic carbocycles. The summed E-state index contributed by atoms with van der Waals surface area (Å²) < 4.78 is 14.4. The Labute approximate surface area is 203 Å². The molecule has 3 aromatic rings. The molecule has 34 heavy (non-hydrogen) atoms. The van der Waals surface area contributed by atoms with Gasteiger partial charge in [0.25, 0.3) is 0 Å². The van der Waals surface area contributed by atoms with E-state index in [-0.39, 0.29) is 5.82 Å². The van der Waals surface area contributed by atoms with E-state index in [0.29, 0.717) is 18.5 Å². The van der Waals surface area contributed by atoms with Gasteiger partial charge in [0.15, 0.2) is 0 Å². The van der Waals surface area contributed by atoms with Crippen LogP contribution in [0.25, 0.3) is 0 Å². The first-order valence-corrected chi connectivity index (χ1v) is 12.1. The monoisotopic (exact) mass is 452 g/mol. The van der Waals surface area contributed by atoms with E-state index in [4.69, 9.17) is 4.99 Å². The van der Waals surface area contributed by atoms with Gasteiger partial charge in [-0.05, 0) is 73.4 Å². The molecule has 4 rings (SSSR count). The number of benzene rings is 3.